The lowest BCUT2D eigenvalue weighted by molar-refractivity contribution is -0.116. The first-order chi connectivity index (χ1) is 13.4. The third-order valence-electron chi connectivity index (χ3n) is 4.45. The number of rotatable bonds is 7. The van der Waals surface area contributed by atoms with Crippen LogP contribution in [-0.4, -0.2) is 40.6 Å². The number of aromatic nitrogens is 2. The molecule has 2 heterocycles. The number of anilines is 1. The number of carboxylic acid groups (broad SMARTS) is 1. The number of carboxylic acids is 1. The van der Waals surface area contributed by atoms with E-state index in [4.69, 9.17) is 9.47 Å². The van der Waals surface area contributed by atoms with Gasteiger partial charge in [-0.15, -0.1) is 0 Å². The minimum atomic E-state index is -1.17. The highest BCUT2D eigenvalue weighted by atomic mass is 16.5. The first-order valence-corrected chi connectivity index (χ1v) is 8.66. The smallest absolute Gasteiger partial charge is 0.337 e. The molecular formula is C20H21N3O5. The largest absolute Gasteiger partial charge is 0.493 e. The van der Waals surface area contributed by atoms with Crippen molar-refractivity contribution in [2.75, 3.05) is 19.5 Å². The summed E-state index contributed by atoms with van der Waals surface area (Å²) in [4.78, 5) is 28.5. The molecule has 0 bridgehead atoms. The van der Waals surface area contributed by atoms with Crippen LogP contribution in [0, 0.1) is 6.92 Å². The lowest BCUT2D eigenvalue weighted by Gasteiger charge is -2.13. The molecule has 0 atom stereocenters. The number of methoxy groups -OCH3 is 2. The van der Waals surface area contributed by atoms with Gasteiger partial charge in [-0.25, -0.2) is 9.78 Å². The van der Waals surface area contributed by atoms with Gasteiger partial charge in [-0.05, 0) is 25.5 Å². The van der Waals surface area contributed by atoms with Gasteiger partial charge in [0, 0.05) is 30.4 Å². The first kappa shape index (κ1) is 19.2. The van der Waals surface area contributed by atoms with Gasteiger partial charge in [0.1, 0.15) is 5.65 Å². The number of aromatic carboxylic acids is 1. The van der Waals surface area contributed by atoms with Gasteiger partial charge in [-0.3, -0.25) is 4.79 Å². The molecular weight excluding hydrogens is 362 g/mol. The second-order valence-corrected chi connectivity index (χ2v) is 6.18. The third kappa shape index (κ3) is 3.75. The molecule has 1 amide bonds. The standard InChI is InChI=1S/C20H21N3O5/c1-12-15(23-9-5-4-6-18(23)21-12)7-8-19(24)22-14-11-17(28-3)16(27-2)10-13(14)20(25)26/h4-6,9-11H,7-8H2,1-3H3,(H,22,24)(H,25,26). The molecule has 0 unspecified atom stereocenters. The highest BCUT2D eigenvalue weighted by Crippen LogP contribution is 2.33. The number of fused-ring (bicyclic) bond motifs is 1. The molecule has 2 aromatic heterocycles. The monoisotopic (exact) mass is 383 g/mol. The highest BCUT2D eigenvalue weighted by molar-refractivity contribution is 6.01. The molecule has 0 aliphatic carbocycles. The van der Waals surface area contributed by atoms with Gasteiger partial charge in [0.15, 0.2) is 11.5 Å². The van der Waals surface area contributed by atoms with Crippen molar-refractivity contribution in [3.8, 4) is 11.5 Å². The molecule has 3 rings (SSSR count). The normalized spacial score (nSPS) is 10.7. The van der Waals surface area contributed by atoms with E-state index in [0.717, 1.165) is 17.0 Å². The van der Waals surface area contributed by atoms with E-state index in [9.17, 15) is 14.7 Å². The summed E-state index contributed by atoms with van der Waals surface area (Å²) in [5.41, 5.74) is 2.71. The van der Waals surface area contributed by atoms with Crippen LogP contribution in [0.5, 0.6) is 11.5 Å². The predicted molar refractivity (Wildman–Crippen MR) is 103 cm³/mol. The van der Waals surface area contributed by atoms with Gasteiger partial charge < -0.3 is 24.3 Å². The Morgan fingerprint density at radius 2 is 1.89 bits per heavy atom. The van der Waals surface area contributed by atoms with Crippen molar-refractivity contribution in [1.29, 1.82) is 0 Å². The summed E-state index contributed by atoms with van der Waals surface area (Å²) in [6, 6.07) is 8.48. The van der Waals surface area contributed by atoms with E-state index in [-0.39, 0.29) is 29.3 Å². The van der Waals surface area contributed by atoms with Crippen LogP contribution in [0.15, 0.2) is 36.5 Å². The summed E-state index contributed by atoms with van der Waals surface area (Å²) in [5, 5.41) is 12.1. The number of amides is 1. The molecule has 28 heavy (non-hydrogen) atoms. The van der Waals surface area contributed by atoms with Crippen molar-refractivity contribution in [1.82, 2.24) is 9.38 Å². The fourth-order valence-electron chi connectivity index (χ4n) is 3.07. The van der Waals surface area contributed by atoms with E-state index in [0.29, 0.717) is 12.2 Å². The van der Waals surface area contributed by atoms with Crippen LogP contribution in [0.2, 0.25) is 0 Å². The molecule has 146 valence electrons. The van der Waals surface area contributed by atoms with Crippen LogP contribution in [-0.2, 0) is 11.2 Å². The van der Waals surface area contributed by atoms with Crippen molar-refractivity contribution < 1.29 is 24.2 Å². The number of carbonyl (C=O) groups excluding carboxylic acids is 1. The maximum atomic E-state index is 12.5. The van der Waals surface area contributed by atoms with Crippen molar-refractivity contribution in [2.24, 2.45) is 0 Å². The number of benzene rings is 1. The number of nitrogens with zero attached hydrogens (tertiary/aromatic N) is 2. The Labute approximate surface area is 161 Å². The number of imidazole rings is 1. The fraction of sp³-hybridized carbons (Fsp3) is 0.250. The van der Waals surface area contributed by atoms with E-state index in [1.54, 1.807) is 0 Å². The predicted octanol–water partition coefficient (Wildman–Crippen LogP) is 2.93. The summed E-state index contributed by atoms with van der Waals surface area (Å²) in [6.45, 7) is 1.90. The van der Waals surface area contributed by atoms with Gasteiger partial charge in [0.2, 0.25) is 5.91 Å². The Balaban J connectivity index is 1.79. The zero-order valence-corrected chi connectivity index (χ0v) is 15.9. The van der Waals surface area contributed by atoms with Gasteiger partial charge >= 0.3 is 5.97 Å². The summed E-state index contributed by atoms with van der Waals surface area (Å²) in [6.07, 6.45) is 2.55. The average Bonchev–Trinajstić information content (AvgIpc) is 3.00. The number of hydrogen-bond acceptors (Lipinski definition) is 5. The molecule has 0 aliphatic heterocycles. The molecule has 2 N–H and O–H groups in total. The average molecular weight is 383 g/mol. The number of aryl methyl sites for hydroxylation is 2. The fourth-order valence-corrected chi connectivity index (χ4v) is 3.07. The maximum absolute atomic E-state index is 12.5. The number of pyridine rings is 1. The number of hydrogen-bond donors (Lipinski definition) is 2. The number of nitrogens with one attached hydrogen (secondary N) is 1. The van der Waals surface area contributed by atoms with Gasteiger partial charge in [-0.1, -0.05) is 6.07 Å². The van der Waals surface area contributed by atoms with Crippen LogP contribution in [0.3, 0.4) is 0 Å². The number of carbonyl (C=O) groups is 2. The first-order valence-electron chi connectivity index (χ1n) is 8.66. The molecule has 0 saturated carbocycles. The van der Waals surface area contributed by atoms with Crippen molar-refractivity contribution in [3.63, 3.8) is 0 Å². The van der Waals surface area contributed by atoms with Crippen LogP contribution in [0.25, 0.3) is 5.65 Å². The van der Waals surface area contributed by atoms with E-state index in [2.05, 4.69) is 10.3 Å². The van der Waals surface area contributed by atoms with Crippen molar-refractivity contribution in [2.45, 2.75) is 19.8 Å². The van der Waals surface area contributed by atoms with E-state index in [1.807, 2.05) is 35.7 Å². The summed E-state index contributed by atoms with van der Waals surface area (Å²) in [7, 11) is 2.86. The molecule has 0 aliphatic rings. The van der Waals surface area contributed by atoms with E-state index >= 15 is 0 Å². The Morgan fingerprint density at radius 3 is 2.57 bits per heavy atom. The van der Waals surface area contributed by atoms with Gasteiger partial charge in [0.25, 0.3) is 0 Å². The Morgan fingerprint density at radius 1 is 1.18 bits per heavy atom. The molecule has 0 fully saturated rings. The summed E-state index contributed by atoms with van der Waals surface area (Å²) < 4.78 is 12.3. The minimum absolute atomic E-state index is 0.0722. The summed E-state index contributed by atoms with van der Waals surface area (Å²) >= 11 is 0. The SMILES string of the molecule is COc1cc(NC(=O)CCc2c(C)nc3ccccn23)c(C(=O)O)cc1OC. The zero-order chi connectivity index (χ0) is 20.3. The molecule has 0 radical (unpaired) electrons. The molecule has 1 aromatic carbocycles. The Hall–Kier alpha value is -3.55. The van der Waals surface area contributed by atoms with Gasteiger partial charge in [0.05, 0.1) is 31.2 Å². The quantitative estimate of drug-likeness (QED) is 0.650. The lowest BCUT2D eigenvalue weighted by Crippen LogP contribution is -2.16. The van der Waals surface area contributed by atoms with Crippen molar-refractivity contribution in [3.05, 3.63) is 53.5 Å². The third-order valence-corrected chi connectivity index (χ3v) is 4.45. The lowest BCUT2D eigenvalue weighted by atomic mass is 10.1. The summed E-state index contributed by atoms with van der Waals surface area (Å²) in [5.74, 6) is -0.867. The number of ether oxygens (including phenoxy) is 2. The zero-order valence-electron chi connectivity index (χ0n) is 15.9. The Bertz CT molecular complexity index is 1040. The van der Waals surface area contributed by atoms with Gasteiger partial charge in [-0.2, -0.15) is 0 Å². The molecule has 0 spiro atoms. The van der Waals surface area contributed by atoms with E-state index < -0.39 is 5.97 Å². The Kier molecular flexibility index (Phi) is 5.49. The topological polar surface area (TPSA) is 102 Å². The van der Waals surface area contributed by atoms with Crippen molar-refractivity contribution >= 4 is 23.2 Å². The molecule has 8 heteroatoms. The molecule has 3 aromatic rings. The maximum Gasteiger partial charge on any atom is 0.337 e. The van der Waals surface area contributed by atoms with Crippen LogP contribution >= 0.6 is 0 Å². The van der Waals surface area contributed by atoms with E-state index in [1.165, 1.54) is 26.4 Å². The van der Waals surface area contributed by atoms with Crippen LogP contribution in [0.4, 0.5) is 5.69 Å². The van der Waals surface area contributed by atoms with Crippen LogP contribution < -0.4 is 14.8 Å². The molecule has 8 nitrogen and oxygen atoms in total. The highest BCUT2D eigenvalue weighted by Gasteiger charge is 2.18. The minimum Gasteiger partial charge on any atom is -0.493 e. The molecule has 0 saturated heterocycles. The second kappa shape index (κ2) is 7.99. The van der Waals surface area contributed by atoms with Crippen LogP contribution in [0.1, 0.15) is 28.2 Å². The second-order valence-electron chi connectivity index (χ2n) is 6.18.